The predicted octanol–water partition coefficient (Wildman–Crippen LogP) is 1.70. The number of likely N-dealkylation sites (tertiary alicyclic amines) is 1. The van der Waals surface area contributed by atoms with Crippen LogP contribution in [0.5, 0.6) is 0 Å². The normalized spacial score (nSPS) is 28.3. The van der Waals surface area contributed by atoms with E-state index in [9.17, 15) is 4.79 Å². The molecule has 1 unspecified atom stereocenters. The van der Waals surface area contributed by atoms with Gasteiger partial charge >= 0.3 is 6.03 Å². The Bertz CT molecular complexity index is 416. The maximum Gasteiger partial charge on any atom is 0.317 e. The minimum Gasteiger partial charge on any atom is -0.379 e. The summed E-state index contributed by atoms with van der Waals surface area (Å²) in [5, 5.41) is 3.03. The van der Waals surface area contributed by atoms with Crippen LogP contribution in [-0.2, 0) is 9.47 Å². The number of amides is 2. The van der Waals surface area contributed by atoms with Gasteiger partial charge < -0.3 is 19.7 Å². The molecule has 3 fully saturated rings. The van der Waals surface area contributed by atoms with Gasteiger partial charge in [0.25, 0.3) is 0 Å². The number of hydrogen-bond acceptors (Lipinski definition) is 4. The molecule has 0 saturated carbocycles. The lowest BCUT2D eigenvalue weighted by atomic mass is 9.82. The summed E-state index contributed by atoms with van der Waals surface area (Å²) in [5.41, 5.74) is -0.0178. The van der Waals surface area contributed by atoms with Gasteiger partial charge in [-0.05, 0) is 31.6 Å². The third-order valence-corrected chi connectivity index (χ3v) is 5.65. The second kappa shape index (κ2) is 8.02. The Morgan fingerprint density at radius 3 is 2.54 bits per heavy atom. The number of carbonyl (C=O) groups is 1. The van der Waals surface area contributed by atoms with Gasteiger partial charge in [0.15, 0.2) is 0 Å². The van der Waals surface area contributed by atoms with Crippen molar-refractivity contribution in [3.63, 3.8) is 0 Å². The predicted molar refractivity (Wildman–Crippen MR) is 93.1 cm³/mol. The molecule has 1 atom stereocenters. The van der Waals surface area contributed by atoms with Crippen LogP contribution in [0.15, 0.2) is 0 Å². The number of hydrogen-bond donors (Lipinski definition) is 1. The lowest BCUT2D eigenvalue weighted by Crippen LogP contribution is -2.56. The molecule has 0 aliphatic carbocycles. The van der Waals surface area contributed by atoms with Gasteiger partial charge in [0, 0.05) is 45.4 Å². The van der Waals surface area contributed by atoms with Crippen LogP contribution in [-0.4, -0.2) is 80.0 Å². The molecule has 24 heavy (non-hydrogen) atoms. The molecule has 138 valence electrons. The van der Waals surface area contributed by atoms with Crippen LogP contribution in [0, 0.1) is 5.92 Å². The third-order valence-electron chi connectivity index (χ3n) is 5.65. The van der Waals surface area contributed by atoms with Gasteiger partial charge in [-0.1, -0.05) is 13.8 Å². The summed E-state index contributed by atoms with van der Waals surface area (Å²) >= 11 is 0. The first-order chi connectivity index (χ1) is 11.6. The fraction of sp³-hybridized carbons (Fsp3) is 0.944. The monoisotopic (exact) mass is 339 g/mol. The molecule has 6 heteroatoms. The molecule has 3 rings (SSSR count). The Kier molecular flexibility index (Phi) is 6.00. The van der Waals surface area contributed by atoms with Crippen molar-refractivity contribution in [1.82, 2.24) is 15.1 Å². The second-order valence-electron chi connectivity index (χ2n) is 7.89. The first-order valence-electron chi connectivity index (χ1n) is 9.56. The fourth-order valence-electron chi connectivity index (χ4n) is 4.13. The van der Waals surface area contributed by atoms with Crippen molar-refractivity contribution in [1.29, 1.82) is 0 Å². The summed E-state index contributed by atoms with van der Waals surface area (Å²) in [4.78, 5) is 16.8. The zero-order chi connectivity index (χ0) is 17.0. The van der Waals surface area contributed by atoms with Crippen LogP contribution < -0.4 is 5.32 Å². The van der Waals surface area contributed by atoms with E-state index in [1.54, 1.807) is 0 Å². The fourth-order valence-corrected chi connectivity index (χ4v) is 4.13. The lowest BCUT2D eigenvalue weighted by molar-refractivity contribution is -0.135. The Morgan fingerprint density at radius 2 is 1.88 bits per heavy atom. The van der Waals surface area contributed by atoms with Crippen molar-refractivity contribution in [3.8, 4) is 0 Å². The topological polar surface area (TPSA) is 54.0 Å². The molecule has 1 spiro atoms. The maximum absolute atomic E-state index is 12.2. The van der Waals surface area contributed by atoms with Gasteiger partial charge in [0.2, 0.25) is 0 Å². The average molecular weight is 339 g/mol. The van der Waals surface area contributed by atoms with Crippen LogP contribution in [0.1, 0.15) is 39.5 Å². The van der Waals surface area contributed by atoms with Gasteiger partial charge in [-0.3, -0.25) is 4.90 Å². The number of ether oxygens (including phenoxy) is 2. The molecular formula is C18H33N3O3. The molecule has 6 nitrogen and oxygen atoms in total. The molecule has 3 aliphatic heterocycles. The lowest BCUT2D eigenvalue weighted by Gasteiger charge is -2.49. The highest BCUT2D eigenvalue weighted by molar-refractivity contribution is 5.74. The van der Waals surface area contributed by atoms with Gasteiger partial charge in [-0.15, -0.1) is 0 Å². The summed E-state index contributed by atoms with van der Waals surface area (Å²) in [5.74, 6) is 0.487. The molecule has 3 aliphatic rings. The summed E-state index contributed by atoms with van der Waals surface area (Å²) in [6.45, 7) is 11.2. The first kappa shape index (κ1) is 18.0. The Morgan fingerprint density at radius 1 is 1.17 bits per heavy atom. The Labute approximate surface area is 145 Å². The van der Waals surface area contributed by atoms with Crippen molar-refractivity contribution in [3.05, 3.63) is 0 Å². The molecule has 2 amide bonds. The van der Waals surface area contributed by atoms with E-state index in [0.717, 1.165) is 78.2 Å². The van der Waals surface area contributed by atoms with E-state index in [-0.39, 0.29) is 11.6 Å². The highest BCUT2D eigenvalue weighted by atomic mass is 16.5. The van der Waals surface area contributed by atoms with Crippen LogP contribution in [0.25, 0.3) is 0 Å². The SMILES string of the molecule is CC(C)CNC(=O)N1CCC2(CC1)CC(N1CCOCC1)CCO2. The minimum absolute atomic E-state index is 0.0178. The van der Waals surface area contributed by atoms with Crippen molar-refractivity contribution >= 4 is 6.03 Å². The molecule has 0 bridgehead atoms. The molecule has 0 aromatic rings. The van der Waals surface area contributed by atoms with E-state index in [0.29, 0.717) is 12.0 Å². The van der Waals surface area contributed by atoms with E-state index >= 15 is 0 Å². The first-order valence-corrected chi connectivity index (χ1v) is 9.56. The number of rotatable bonds is 3. The number of nitrogens with one attached hydrogen (secondary N) is 1. The van der Waals surface area contributed by atoms with E-state index in [4.69, 9.17) is 9.47 Å². The van der Waals surface area contributed by atoms with Crippen molar-refractivity contribution in [2.45, 2.75) is 51.2 Å². The van der Waals surface area contributed by atoms with Gasteiger partial charge in [0.1, 0.15) is 0 Å². The van der Waals surface area contributed by atoms with Crippen molar-refractivity contribution in [2.24, 2.45) is 5.92 Å². The molecule has 0 aromatic heterocycles. The molecule has 0 aromatic carbocycles. The zero-order valence-corrected chi connectivity index (χ0v) is 15.3. The highest BCUT2D eigenvalue weighted by Gasteiger charge is 2.42. The Hall–Kier alpha value is -0.850. The van der Waals surface area contributed by atoms with E-state index < -0.39 is 0 Å². The second-order valence-corrected chi connectivity index (χ2v) is 7.89. The average Bonchev–Trinajstić information content (AvgIpc) is 2.61. The van der Waals surface area contributed by atoms with Gasteiger partial charge in [-0.25, -0.2) is 4.79 Å². The molecule has 3 heterocycles. The minimum atomic E-state index is -0.0178. The summed E-state index contributed by atoms with van der Waals surface area (Å²) in [6.07, 6.45) is 4.15. The van der Waals surface area contributed by atoms with E-state index in [1.807, 2.05) is 4.90 Å². The van der Waals surface area contributed by atoms with Crippen LogP contribution in [0.3, 0.4) is 0 Å². The van der Waals surface area contributed by atoms with Gasteiger partial charge in [0.05, 0.1) is 18.8 Å². The molecular weight excluding hydrogens is 306 g/mol. The maximum atomic E-state index is 12.2. The number of nitrogens with zero attached hydrogens (tertiary/aromatic N) is 2. The zero-order valence-electron chi connectivity index (χ0n) is 15.3. The number of urea groups is 1. The quantitative estimate of drug-likeness (QED) is 0.850. The Balaban J connectivity index is 1.49. The highest BCUT2D eigenvalue weighted by Crippen LogP contribution is 2.36. The van der Waals surface area contributed by atoms with Crippen LogP contribution in [0.2, 0.25) is 0 Å². The van der Waals surface area contributed by atoms with Crippen molar-refractivity contribution in [2.75, 3.05) is 52.5 Å². The number of piperidine rings is 1. The molecule has 1 N–H and O–H groups in total. The van der Waals surface area contributed by atoms with Crippen molar-refractivity contribution < 1.29 is 14.3 Å². The van der Waals surface area contributed by atoms with E-state index in [1.165, 1.54) is 0 Å². The third kappa shape index (κ3) is 4.41. The van der Waals surface area contributed by atoms with Gasteiger partial charge in [-0.2, -0.15) is 0 Å². The number of morpholine rings is 1. The number of carbonyl (C=O) groups excluding carboxylic acids is 1. The largest absolute Gasteiger partial charge is 0.379 e. The summed E-state index contributed by atoms with van der Waals surface area (Å²) in [6, 6.07) is 0.697. The smallest absolute Gasteiger partial charge is 0.317 e. The molecule has 3 saturated heterocycles. The van der Waals surface area contributed by atoms with Crippen LogP contribution >= 0.6 is 0 Å². The summed E-state index contributed by atoms with van der Waals surface area (Å²) < 4.78 is 11.7. The van der Waals surface area contributed by atoms with E-state index in [2.05, 4.69) is 24.1 Å². The standard InChI is InChI=1S/C18H33N3O3/c1-15(2)14-19-17(22)21-6-4-18(5-7-21)13-16(3-10-24-18)20-8-11-23-12-9-20/h15-16H,3-14H2,1-2H3,(H,19,22). The summed E-state index contributed by atoms with van der Waals surface area (Å²) in [7, 11) is 0. The molecule has 0 radical (unpaired) electrons. The van der Waals surface area contributed by atoms with Crippen LogP contribution in [0.4, 0.5) is 4.79 Å².